The highest BCUT2D eigenvalue weighted by atomic mass is 32.2. The Morgan fingerprint density at radius 1 is 0.824 bits per heavy atom. The molecule has 1 aliphatic rings. The number of carbonyl (C=O) groups is 1. The number of rotatable bonds is 6. The maximum atomic E-state index is 13.1. The molecular weight excluding hydrogens is 442 g/mol. The summed E-state index contributed by atoms with van der Waals surface area (Å²) in [5.74, 6) is 0.944. The summed E-state index contributed by atoms with van der Waals surface area (Å²) in [6.07, 6.45) is 0. The molecule has 0 atom stereocenters. The molecule has 5 rings (SSSR count). The van der Waals surface area contributed by atoms with E-state index in [4.69, 9.17) is 4.74 Å². The highest BCUT2D eigenvalue weighted by molar-refractivity contribution is 8.00. The van der Waals surface area contributed by atoms with Gasteiger partial charge >= 0.3 is 0 Å². The van der Waals surface area contributed by atoms with Gasteiger partial charge in [0.05, 0.1) is 12.8 Å². The maximum absolute atomic E-state index is 13.1. The zero-order chi connectivity index (χ0) is 23.3. The first-order chi connectivity index (χ1) is 16.7. The maximum Gasteiger partial charge on any atom is 0.253 e. The van der Waals surface area contributed by atoms with Gasteiger partial charge < -0.3 is 19.3 Å². The summed E-state index contributed by atoms with van der Waals surface area (Å²) in [6, 6.07) is 30.4. The first kappa shape index (κ1) is 22.2. The highest BCUT2D eigenvalue weighted by Crippen LogP contribution is 2.30. The van der Waals surface area contributed by atoms with E-state index < -0.39 is 0 Å². The minimum Gasteiger partial charge on any atom is -0.495 e. The van der Waals surface area contributed by atoms with Gasteiger partial charge in [0, 0.05) is 42.3 Å². The van der Waals surface area contributed by atoms with Crippen molar-refractivity contribution in [3.8, 4) is 5.75 Å². The normalized spacial score (nSPS) is 13.7. The van der Waals surface area contributed by atoms with E-state index >= 15 is 0 Å². The van der Waals surface area contributed by atoms with Crippen LogP contribution in [0.2, 0.25) is 0 Å². The molecule has 0 aromatic heterocycles. The predicted octanol–water partition coefficient (Wildman–Crippen LogP) is 5.93. The molecule has 1 saturated heterocycles. The Balaban J connectivity index is 1.19. The third-order valence-electron chi connectivity index (χ3n) is 6.15. The third kappa shape index (κ3) is 4.68. The molecule has 0 bridgehead atoms. The van der Waals surface area contributed by atoms with E-state index in [0.29, 0.717) is 18.7 Å². The molecule has 6 heteroatoms. The Kier molecular flexibility index (Phi) is 6.58. The number of hydrogen-bond acceptors (Lipinski definition) is 5. The van der Waals surface area contributed by atoms with Crippen molar-refractivity contribution in [2.75, 3.05) is 42.9 Å². The van der Waals surface area contributed by atoms with Crippen LogP contribution in [0.4, 0.5) is 11.4 Å². The van der Waals surface area contributed by atoms with E-state index in [2.05, 4.69) is 58.2 Å². The number of benzene rings is 4. The lowest BCUT2D eigenvalue weighted by Crippen LogP contribution is -2.48. The molecule has 34 heavy (non-hydrogen) atoms. The summed E-state index contributed by atoms with van der Waals surface area (Å²) in [7, 11) is 1.69. The van der Waals surface area contributed by atoms with Crippen molar-refractivity contribution in [3.63, 3.8) is 0 Å². The summed E-state index contributed by atoms with van der Waals surface area (Å²) >= 11 is 1.59. The lowest BCUT2D eigenvalue weighted by atomic mass is 10.1. The van der Waals surface area contributed by atoms with Crippen molar-refractivity contribution in [1.29, 1.82) is 0 Å². The number of para-hydroxylation sites is 2. The Labute approximate surface area is 204 Å². The van der Waals surface area contributed by atoms with Crippen LogP contribution in [0.5, 0.6) is 5.75 Å². The van der Waals surface area contributed by atoms with Gasteiger partial charge in [-0.3, -0.25) is 4.79 Å². The van der Waals surface area contributed by atoms with Gasteiger partial charge in [-0.15, -0.1) is 0 Å². The minimum absolute atomic E-state index is 0.0768. The molecule has 0 unspecified atom stereocenters. The molecule has 1 heterocycles. The molecule has 4 aromatic rings. The first-order valence-corrected chi connectivity index (χ1v) is 12.2. The molecule has 1 N–H and O–H groups in total. The standard InChI is InChI=1S/C28H27N3O2S/c1-33-26-11-5-4-10-25(26)30-17-19-31(20-18-30)28(32)22-13-15-23(16-14-22)29-34-27-12-6-8-21-7-2-3-9-24(21)27/h2-16,29H,17-20H2,1H3. The Morgan fingerprint density at radius 3 is 2.32 bits per heavy atom. The summed E-state index contributed by atoms with van der Waals surface area (Å²) in [5, 5.41) is 2.45. The van der Waals surface area contributed by atoms with Gasteiger partial charge in [0.15, 0.2) is 0 Å². The van der Waals surface area contributed by atoms with Gasteiger partial charge in [0.2, 0.25) is 0 Å². The quantitative estimate of drug-likeness (QED) is 0.355. The van der Waals surface area contributed by atoms with Crippen molar-refractivity contribution in [3.05, 3.63) is 96.6 Å². The largest absolute Gasteiger partial charge is 0.495 e. The van der Waals surface area contributed by atoms with Crippen LogP contribution in [0.15, 0.2) is 95.9 Å². The van der Waals surface area contributed by atoms with Crippen molar-refractivity contribution in [2.45, 2.75) is 4.90 Å². The Morgan fingerprint density at radius 2 is 1.53 bits per heavy atom. The molecule has 1 amide bonds. The minimum atomic E-state index is 0.0768. The third-order valence-corrected chi connectivity index (χ3v) is 7.07. The van der Waals surface area contributed by atoms with Gasteiger partial charge in [0.25, 0.3) is 5.91 Å². The Hall–Kier alpha value is -3.64. The molecule has 172 valence electrons. The number of hydrogen-bond donors (Lipinski definition) is 1. The van der Waals surface area contributed by atoms with Crippen LogP contribution in [-0.2, 0) is 0 Å². The molecule has 0 saturated carbocycles. The highest BCUT2D eigenvalue weighted by Gasteiger charge is 2.23. The fourth-order valence-corrected chi connectivity index (χ4v) is 5.11. The van der Waals surface area contributed by atoms with E-state index in [1.807, 2.05) is 47.4 Å². The van der Waals surface area contributed by atoms with Crippen molar-refractivity contribution < 1.29 is 9.53 Å². The van der Waals surface area contributed by atoms with E-state index in [1.165, 1.54) is 15.7 Å². The number of amides is 1. The van der Waals surface area contributed by atoms with E-state index in [-0.39, 0.29) is 5.91 Å². The van der Waals surface area contributed by atoms with E-state index in [0.717, 1.165) is 30.2 Å². The van der Waals surface area contributed by atoms with Gasteiger partial charge in [-0.2, -0.15) is 0 Å². The van der Waals surface area contributed by atoms with E-state index in [9.17, 15) is 4.79 Å². The van der Waals surface area contributed by atoms with Gasteiger partial charge in [0.1, 0.15) is 5.75 Å². The molecule has 1 aliphatic heterocycles. The van der Waals surface area contributed by atoms with Crippen LogP contribution in [0.3, 0.4) is 0 Å². The molecule has 1 fully saturated rings. The van der Waals surface area contributed by atoms with Gasteiger partial charge in [-0.25, -0.2) is 0 Å². The van der Waals surface area contributed by atoms with Crippen LogP contribution in [0.25, 0.3) is 10.8 Å². The number of nitrogens with zero attached hydrogens (tertiary/aromatic N) is 2. The van der Waals surface area contributed by atoms with Crippen molar-refractivity contribution in [2.24, 2.45) is 0 Å². The smallest absolute Gasteiger partial charge is 0.253 e. The molecule has 4 aromatic carbocycles. The molecule has 0 spiro atoms. The predicted molar refractivity (Wildman–Crippen MR) is 141 cm³/mol. The molecule has 0 aliphatic carbocycles. The second-order valence-electron chi connectivity index (χ2n) is 8.21. The first-order valence-electron chi connectivity index (χ1n) is 11.4. The number of carbonyl (C=O) groups excluding carboxylic acids is 1. The average Bonchev–Trinajstić information content (AvgIpc) is 2.92. The second-order valence-corrected chi connectivity index (χ2v) is 9.06. The molecule has 5 nitrogen and oxygen atoms in total. The number of ether oxygens (including phenoxy) is 1. The summed E-state index contributed by atoms with van der Waals surface area (Å²) < 4.78 is 8.90. The monoisotopic (exact) mass is 469 g/mol. The SMILES string of the molecule is COc1ccccc1N1CCN(C(=O)c2ccc(NSc3cccc4ccccc34)cc2)CC1. The number of anilines is 2. The molecular formula is C28H27N3O2S. The number of fused-ring (bicyclic) bond motifs is 1. The van der Waals surface area contributed by atoms with Crippen LogP contribution in [0.1, 0.15) is 10.4 Å². The lowest BCUT2D eigenvalue weighted by Gasteiger charge is -2.36. The topological polar surface area (TPSA) is 44.8 Å². The van der Waals surface area contributed by atoms with Crippen LogP contribution in [0, 0.1) is 0 Å². The number of piperazine rings is 1. The van der Waals surface area contributed by atoms with Crippen LogP contribution >= 0.6 is 11.9 Å². The average molecular weight is 470 g/mol. The van der Waals surface area contributed by atoms with Crippen LogP contribution < -0.4 is 14.4 Å². The summed E-state index contributed by atoms with van der Waals surface area (Å²) in [6.45, 7) is 2.95. The second kappa shape index (κ2) is 10.1. The zero-order valence-corrected chi connectivity index (χ0v) is 19.9. The van der Waals surface area contributed by atoms with Gasteiger partial charge in [-0.1, -0.05) is 48.5 Å². The van der Waals surface area contributed by atoms with Crippen molar-refractivity contribution in [1.82, 2.24) is 4.90 Å². The lowest BCUT2D eigenvalue weighted by molar-refractivity contribution is 0.0746. The fourth-order valence-electron chi connectivity index (χ4n) is 4.30. The zero-order valence-electron chi connectivity index (χ0n) is 19.1. The fraction of sp³-hybridized carbons (Fsp3) is 0.179. The Bertz CT molecular complexity index is 1280. The number of methoxy groups -OCH3 is 1. The van der Waals surface area contributed by atoms with E-state index in [1.54, 1.807) is 19.1 Å². The summed E-state index contributed by atoms with van der Waals surface area (Å²) in [5.41, 5.74) is 2.76. The summed E-state index contributed by atoms with van der Waals surface area (Å²) in [4.78, 5) is 18.4. The molecule has 0 radical (unpaired) electrons. The van der Waals surface area contributed by atoms with Gasteiger partial charge in [-0.05, 0) is 65.2 Å². The van der Waals surface area contributed by atoms with Crippen molar-refractivity contribution >= 4 is 40.0 Å². The number of nitrogens with one attached hydrogen (secondary N) is 1. The van der Waals surface area contributed by atoms with Crippen LogP contribution in [-0.4, -0.2) is 44.1 Å².